The van der Waals surface area contributed by atoms with Crippen LogP contribution in [0.1, 0.15) is 60.0 Å². The van der Waals surface area contributed by atoms with Gasteiger partial charge in [0.1, 0.15) is 6.04 Å². The van der Waals surface area contributed by atoms with Crippen molar-refractivity contribution in [3.05, 3.63) is 34.9 Å². The lowest BCUT2D eigenvalue weighted by molar-refractivity contribution is -0.136. The highest BCUT2D eigenvalue weighted by atomic mass is 16.3. The third-order valence-electron chi connectivity index (χ3n) is 7.67. The minimum absolute atomic E-state index is 0.118. The number of aliphatic hydroxyl groups is 1. The predicted molar refractivity (Wildman–Crippen MR) is 118 cm³/mol. The summed E-state index contributed by atoms with van der Waals surface area (Å²) in [5.74, 6) is -0.114. The molecule has 32 heavy (non-hydrogen) atoms. The molecule has 1 atom stereocenters. The Morgan fingerprint density at radius 2 is 1.91 bits per heavy atom. The SMILES string of the molecule is O=C1CCC(N2Cc3cccc(CN(CC4CC4)C4(CO)CCNCC4)c3C2=O)C(=O)N1. The predicted octanol–water partition coefficient (Wildman–Crippen LogP) is 0.774. The molecule has 8 heteroatoms. The Morgan fingerprint density at radius 1 is 1.12 bits per heavy atom. The van der Waals surface area contributed by atoms with E-state index in [1.165, 1.54) is 12.8 Å². The Labute approximate surface area is 188 Å². The molecule has 4 aliphatic rings. The Morgan fingerprint density at radius 3 is 2.59 bits per heavy atom. The van der Waals surface area contributed by atoms with Crippen molar-refractivity contribution in [1.82, 2.24) is 20.4 Å². The van der Waals surface area contributed by atoms with Crippen LogP contribution in [0, 0.1) is 5.92 Å². The highest BCUT2D eigenvalue weighted by Crippen LogP contribution is 2.37. The maximum atomic E-state index is 13.5. The number of benzene rings is 1. The van der Waals surface area contributed by atoms with Crippen LogP contribution < -0.4 is 10.6 Å². The summed E-state index contributed by atoms with van der Waals surface area (Å²) in [7, 11) is 0. The lowest BCUT2D eigenvalue weighted by Crippen LogP contribution is -2.57. The van der Waals surface area contributed by atoms with E-state index in [9.17, 15) is 19.5 Å². The van der Waals surface area contributed by atoms with Gasteiger partial charge in [-0.3, -0.25) is 24.6 Å². The number of aliphatic hydroxyl groups excluding tert-OH is 1. The van der Waals surface area contributed by atoms with Gasteiger partial charge in [-0.2, -0.15) is 0 Å². The maximum Gasteiger partial charge on any atom is 0.255 e. The van der Waals surface area contributed by atoms with Crippen molar-refractivity contribution in [2.45, 2.75) is 63.2 Å². The first kappa shape index (κ1) is 21.6. The highest BCUT2D eigenvalue weighted by Gasteiger charge is 2.43. The quantitative estimate of drug-likeness (QED) is 0.542. The van der Waals surface area contributed by atoms with Gasteiger partial charge >= 0.3 is 0 Å². The van der Waals surface area contributed by atoms with Gasteiger partial charge in [0.15, 0.2) is 0 Å². The smallest absolute Gasteiger partial charge is 0.255 e. The number of nitrogens with one attached hydrogen (secondary N) is 2. The highest BCUT2D eigenvalue weighted by molar-refractivity contribution is 6.06. The number of rotatable bonds is 7. The average Bonchev–Trinajstić information content (AvgIpc) is 3.55. The number of hydrogen-bond acceptors (Lipinski definition) is 6. The van der Waals surface area contributed by atoms with E-state index in [4.69, 9.17) is 0 Å². The zero-order chi connectivity index (χ0) is 22.3. The molecule has 1 unspecified atom stereocenters. The topological polar surface area (TPSA) is 102 Å². The lowest BCUT2D eigenvalue weighted by Gasteiger charge is -2.46. The van der Waals surface area contributed by atoms with Crippen molar-refractivity contribution in [3.63, 3.8) is 0 Å². The number of hydrogen-bond donors (Lipinski definition) is 3. The summed E-state index contributed by atoms with van der Waals surface area (Å²) in [4.78, 5) is 41.5. The second-order valence-corrected chi connectivity index (χ2v) is 9.81. The van der Waals surface area contributed by atoms with Crippen LogP contribution in [-0.4, -0.2) is 70.4 Å². The molecule has 3 N–H and O–H groups in total. The van der Waals surface area contributed by atoms with Crippen LogP contribution in [0.25, 0.3) is 0 Å². The molecule has 1 aromatic carbocycles. The molecule has 172 valence electrons. The molecule has 0 bridgehead atoms. The van der Waals surface area contributed by atoms with Gasteiger partial charge in [-0.1, -0.05) is 18.2 Å². The van der Waals surface area contributed by atoms with Crippen LogP contribution >= 0.6 is 0 Å². The first-order valence-electron chi connectivity index (χ1n) is 11.8. The Kier molecular flexibility index (Phi) is 5.77. The Balaban J connectivity index is 1.41. The zero-order valence-electron chi connectivity index (χ0n) is 18.4. The molecule has 1 aromatic rings. The van der Waals surface area contributed by atoms with Crippen molar-refractivity contribution in [2.24, 2.45) is 5.92 Å². The summed E-state index contributed by atoms with van der Waals surface area (Å²) in [6.07, 6.45) is 4.86. The fourth-order valence-corrected chi connectivity index (χ4v) is 5.53. The third kappa shape index (κ3) is 3.95. The van der Waals surface area contributed by atoms with Crippen LogP contribution in [0.2, 0.25) is 0 Å². The summed E-state index contributed by atoms with van der Waals surface area (Å²) >= 11 is 0. The van der Waals surface area contributed by atoms with Gasteiger partial charge in [-0.15, -0.1) is 0 Å². The van der Waals surface area contributed by atoms with E-state index in [-0.39, 0.29) is 36.3 Å². The number of amides is 3. The van der Waals surface area contributed by atoms with Gasteiger partial charge < -0.3 is 15.3 Å². The summed E-state index contributed by atoms with van der Waals surface area (Å²) < 4.78 is 0. The monoisotopic (exact) mass is 440 g/mol. The molecule has 5 rings (SSSR count). The van der Waals surface area contributed by atoms with E-state index >= 15 is 0 Å². The molecule has 8 nitrogen and oxygen atoms in total. The number of imide groups is 1. The van der Waals surface area contributed by atoms with E-state index < -0.39 is 6.04 Å². The fourth-order valence-electron chi connectivity index (χ4n) is 5.53. The van der Waals surface area contributed by atoms with Gasteiger partial charge in [-0.05, 0) is 62.2 Å². The molecule has 2 saturated heterocycles. The van der Waals surface area contributed by atoms with E-state index in [0.717, 1.165) is 43.6 Å². The van der Waals surface area contributed by atoms with Crippen LogP contribution in [-0.2, 0) is 22.7 Å². The maximum absolute atomic E-state index is 13.5. The van der Waals surface area contributed by atoms with E-state index in [1.807, 2.05) is 18.2 Å². The van der Waals surface area contributed by atoms with E-state index in [2.05, 4.69) is 15.5 Å². The Bertz CT molecular complexity index is 923. The lowest BCUT2D eigenvalue weighted by atomic mass is 9.86. The second kappa shape index (κ2) is 8.57. The second-order valence-electron chi connectivity index (χ2n) is 9.81. The first-order chi connectivity index (χ1) is 15.5. The van der Waals surface area contributed by atoms with Crippen molar-refractivity contribution < 1.29 is 19.5 Å². The number of carbonyl (C=O) groups excluding carboxylic acids is 3. The molecule has 1 aliphatic carbocycles. The standard InChI is InChI=1S/C24H32N4O4/c29-15-24(8-10-25-11-9-24)27(12-16-4-5-16)13-17-2-1-3-18-14-28(23(32)21(17)18)19-6-7-20(30)26-22(19)31/h1-3,16,19,25,29H,4-15H2,(H,26,30,31). The number of nitrogens with zero attached hydrogens (tertiary/aromatic N) is 2. The van der Waals surface area contributed by atoms with Gasteiger partial charge in [0.05, 0.1) is 6.61 Å². The van der Waals surface area contributed by atoms with Crippen molar-refractivity contribution >= 4 is 17.7 Å². The molecule has 0 radical (unpaired) electrons. The van der Waals surface area contributed by atoms with Crippen LogP contribution in [0.3, 0.4) is 0 Å². The number of piperidine rings is 2. The number of fused-ring (bicyclic) bond motifs is 1. The minimum Gasteiger partial charge on any atom is -0.394 e. The van der Waals surface area contributed by atoms with Crippen LogP contribution in [0.4, 0.5) is 0 Å². The molecule has 0 spiro atoms. The molecule has 3 heterocycles. The van der Waals surface area contributed by atoms with Crippen molar-refractivity contribution in [1.29, 1.82) is 0 Å². The van der Waals surface area contributed by atoms with Gasteiger partial charge in [0.2, 0.25) is 11.8 Å². The van der Waals surface area contributed by atoms with Gasteiger partial charge in [-0.25, -0.2) is 0 Å². The molecule has 3 fully saturated rings. The summed E-state index contributed by atoms with van der Waals surface area (Å²) in [5, 5.41) is 16.2. The molecule has 1 saturated carbocycles. The zero-order valence-corrected chi connectivity index (χ0v) is 18.4. The third-order valence-corrected chi connectivity index (χ3v) is 7.67. The Hall–Kier alpha value is -2.29. The van der Waals surface area contributed by atoms with Crippen molar-refractivity contribution in [3.8, 4) is 0 Å². The molecular formula is C24H32N4O4. The summed E-state index contributed by atoms with van der Waals surface area (Å²) in [5.41, 5.74) is 2.34. The molecule has 0 aromatic heterocycles. The minimum atomic E-state index is -0.601. The van der Waals surface area contributed by atoms with Gasteiger partial charge in [0, 0.05) is 37.2 Å². The van der Waals surface area contributed by atoms with Crippen LogP contribution in [0.5, 0.6) is 0 Å². The van der Waals surface area contributed by atoms with Gasteiger partial charge in [0.25, 0.3) is 5.91 Å². The van der Waals surface area contributed by atoms with E-state index in [0.29, 0.717) is 31.0 Å². The summed E-state index contributed by atoms with van der Waals surface area (Å²) in [6, 6.07) is 5.35. The fraction of sp³-hybridized carbons (Fsp3) is 0.625. The number of carbonyl (C=O) groups is 3. The summed E-state index contributed by atoms with van der Waals surface area (Å²) in [6.45, 7) is 3.84. The average molecular weight is 441 g/mol. The molecular weight excluding hydrogens is 408 g/mol. The first-order valence-corrected chi connectivity index (χ1v) is 11.8. The molecule has 3 aliphatic heterocycles. The van der Waals surface area contributed by atoms with Crippen LogP contribution in [0.15, 0.2) is 18.2 Å². The van der Waals surface area contributed by atoms with E-state index in [1.54, 1.807) is 4.90 Å². The van der Waals surface area contributed by atoms with Crippen molar-refractivity contribution in [2.75, 3.05) is 26.2 Å². The molecule has 3 amide bonds. The normalized spacial score (nSPS) is 25.2. The largest absolute Gasteiger partial charge is 0.394 e.